The van der Waals surface area contributed by atoms with Crippen molar-refractivity contribution in [3.63, 3.8) is 0 Å². The van der Waals surface area contributed by atoms with Gasteiger partial charge in [0.2, 0.25) is 0 Å². The largest absolute Gasteiger partial charge is 0.493 e. The summed E-state index contributed by atoms with van der Waals surface area (Å²) in [6.45, 7) is 4.33. The van der Waals surface area contributed by atoms with Crippen LogP contribution in [-0.2, 0) is 4.79 Å². The van der Waals surface area contributed by atoms with Crippen LogP contribution >= 0.6 is 15.9 Å². The van der Waals surface area contributed by atoms with E-state index in [1.807, 2.05) is 30.3 Å². The standard InChI is InChI=1S/C21H24BrN3O3/c1-3-4-13-28-19-12-8-5-9-16(19)14-23-25-20(26)15(2)24-21(27)17-10-6-7-11-18(17)22/h5-12,14-15H,3-4,13H2,1-2H3,(H,24,27)(H,25,26). The van der Waals surface area contributed by atoms with Crippen molar-refractivity contribution in [2.75, 3.05) is 6.61 Å². The highest BCUT2D eigenvalue weighted by Gasteiger charge is 2.17. The molecule has 1 atom stereocenters. The van der Waals surface area contributed by atoms with Gasteiger partial charge >= 0.3 is 0 Å². The summed E-state index contributed by atoms with van der Waals surface area (Å²) >= 11 is 3.32. The topological polar surface area (TPSA) is 79.8 Å². The third-order valence-electron chi connectivity index (χ3n) is 3.91. The van der Waals surface area contributed by atoms with E-state index >= 15 is 0 Å². The van der Waals surface area contributed by atoms with Gasteiger partial charge in [-0.1, -0.05) is 37.6 Å². The number of unbranched alkanes of at least 4 members (excludes halogenated alkanes) is 1. The molecule has 2 N–H and O–H groups in total. The monoisotopic (exact) mass is 445 g/mol. The molecule has 0 aromatic heterocycles. The van der Waals surface area contributed by atoms with Crippen molar-refractivity contribution in [1.82, 2.24) is 10.7 Å². The number of rotatable bonds is 9. The molecule has 2 aromatic rings. The molecule has 0 aliphatic rings. The van der Waals surface area contributed by atoms with Crippen LogP contribution in [-0.4, -0.2) is 30.7 Å². The Kier molecular flexibility index (Phi) is 8.68. The number of carbonyl (C=O) groups is 2. The molecule has 0 heterocycles. The van der Waals surface area contributed by atoms with Gasteiger partial charge in [0.05, 0.1) is 18.4 Å². The predicted octanol–water partition coefficient (Wildman–Crippen LogP) is 3.90. The maximum absolute atomic E-state index is 12.3. The quantitative estimate of drug-likeness (QED) is 0.349. The van der Waals surface area contributed by atoms with E-state index in [-0.39, 0.29) is 5.91 Å². The first kappa shape index (κ1) is 21.6. The molecule has 0 aliphatic carbocycles. The molecule has 6 nitrogen and oxygen atoms in total. The van der Waals surface area contributed by atoms with E-state index in [1.165, 1.54) is 6.21 Å². The Hall–Kier alpha value is -2.67. The molecule has 1 unspecified atom stereocenters. The van der Waals surface area contributed by atoms with Crippen molar-refractivity contribution in [3.05, 3.63) is 64.1 Å². The minimum absolute atomic E-state index is 0.339. The van der Waals surface area contributed by atoms with Gasteiger partial charge in [0.25, 0.3) is 11.8 Å². The second-order valence-corrected chi connectivity index (χ2v) is 7.00. The van der Waals surface area contributed by atoms with Gasteiger partial charge in [0.1, 0.15) is 11.8 Å². The molecule has 0 bridgehead atoms. The summed E-state index contributed by atoms with van der Waals surface area (Å²) < 4.78 is 6.39. The average Bonchev–Trinajstić information content (AvgIpc) is 2.69. The van der Waals surface area contributed by atoms with Crippen molar-refractivity contribution in [3.8, 4) is 5.75 Å². The molecular formula is C21H24BrN3O3. The van der Waals surface area contributed by atoms with Gasteiger partial charge in [-0.05, 0) is 53.5 Å². The van der Waals surface area contributed by atoms with Crippen LogP contribution in [0.2, 0.25) is 0 Å². The van der Waals surface area contributed by atoms with E-state index in [2.05, 4.69) is 38.7 Å². The number of hydrogen-bond acceptors (Lipinski definition) is 4. The third-order valence-corrected chi connectivity index (χ3v) is 4.60. The number of nitrogens with one attached hydrogen (secondary N) is 2. The zero-order valence-corrected chi connectivity index (χ0v) is 17.5. The number of amides is 2. The summed E-state index contributed by atoms with van der Waals surface area (Å²) in [7, 11) is 0. The number of ether oxygens (including phenoxy) is 1. The third kappa shape index (κ3) is 6.49. The Morgan fingerprint density at radius 3 is 2.64 bits per heavy atom. The lowest BCUT2D eigenvalue weighted by molar-refractivity contribution is -0.122. The minimum Gasteiger partial charge on any atom is -0.493 e. The molecule has 28 heavy (non-hydrogen) atoms. The normalized spacial score (nSPS) is 11.8. The van der Waals surface area contributed by atoms with Gasteiger partial charge in [-0.15, -0.1) is 0 Å². The Morgan fingerprint density at radius 2 is 1.89 bits per heavy atom. The number of benzene rings is 2. The maximum Gasteiger partial charge on any atom is 0.262 e. The van der Waals surface area contributed by atoms with E-state index < -0.39 is 11.9 Å². The smallest absolute Gasteiger partial charge is 0.262 e. The maximum atomic E-state index is 12.3. The molecule has 0 aliphatic heterocycles. The summed E-state index contributed by atoms with van der Waals surface area (Å²) in [5.74, 6) is -0.0426. The van der Waals surface area contributed by atoms with Crippen LogP contribution in [0.3, 0.4) is 0 Å². The molecule has 2 aromatic carbocycles. The van der Waals surface area contributed by atoms with Crippen LogP contribution in [0.15, 0.2) is 58.1 Å². The zero-order chi connectivity index (χ0) is 20.4. The molecule has 2 rings (SSSR count). The number of hydrazone groups is 1. The lowest BCUT2D eigenvalue weighted by atomic mass is 10.2. The molecule has 148 valence electrons. The van der Waals surface area contributed by atoms with Crippen LogP contribution in [0, 0.1) is 0 Å². The lowest BCUT2D eigenvalue weighted by Gasteiger charge is -2.13. The first-order chi connectivity index (χ1) is 13.5. The Balaban J connectivity index is 1.91. The van der Waals surface area contributed by atoms with Crippen molar-refractivity contribution in [1.29, 1.82) is 0 Å². The summed E-state index contributed by atoms with van der Waals surface area (Å²) in [5.41, 5.74) is 3.67. The van der Waals surface area contributed by atoms with Crippen LogP contribution < -0.4 is 15.5 Å². The molecule has 7 heteroatoms. The molecular weight excluding hydrogens is 422 g/mol. The molecule has 0 fully saturated rings. The molecule has 0 radical (unpaired) electrons. The van der Waals surface area contributed by atoms with Gasteiger partial charge in [0, 0.05) is 10.0 Å². The van der Waals surface area contributed by atoms with Gasteiger partial charge < -0.3 is 10.1 Å². The van der Waals surface area contributed by atoms with E-state index in [0.717, 1.165) is 18.4 Å². The van der Waals surface area contributed by atoms with Crippen LogP contribution in [0.1, 0.15) is 42.6 Å². The summed E-state index contributed by atoms with van der Waals surface area (Å²) in [5, 5.41) is 6.64. The number of para-hydroxylation sites is 1. The van der Waals surface area contributed by atoms with E-state index in [1.54, 1.807) is 25.1 Å². The summed E-state index contributed by atoms with van der Waals surface area (Å²) in [6.07, 6.45) is 3.55. The zero-order valence-electron chi connectivity index (χ0n) is 15.9. The lowest BCUT2D eigenvalue weighted by Crippen LogP contribution is -2.43. The Labute approximate surface area is 173 Å². The number of nitrogens with zero attached hydrogens (tertiary/aromatic N) is 1. The van der Waals surface area contributed by atoms with Gasteiger partial charge in [-0.3, -0.25) is 9.59 Å². The van der Waals surface area contributed by atoms with Crippen molar-refractivity contribution < 1.29 is 14.3 Å². The molecule has 2 amide bonds. The highest BCUT2D eigenvalue weighted by Crippen LogP contribution is 2.17. The van der Waals surface area contributed by atoms with Crippen LogP contribution in [0.4, 0.5) is 0 Å². The summed E-state index contributed by atoms with van der Waals surface area (Å²) in [6, 6.07) is 13.8. The number of carbonyl (C=O) groups excluding carboxylic acids is 2. The first-order valence-electron chi connectivity index (χ1n) is 9.13. The van der Waals surface area contributed by atoms with E-state index in [4.69, 9.17) is 4.74 Å². The SMILES string of the molecule is CCCCOc1ccccc1C=NNC(=O)C(C)NC(=O)c1ccccc1Br. The van der Waals surface area contributed by atoms with Gasteiger partial charge in [-0.2, -0.15) is 5.10 Å². The highest BCUT2D eigenvalue weighted by molar-refractivity contribution is 9.10. The fourth-order valence-electron chi connectivity index (χ4n) is 2.29. The highest BCUT2D eigenvalue weighted by atomic mass is 79.9. The van der Waals surface area contributed by atoms with E-state index in [0.29, 0.717) is 22.4 Å². The van der Waals surface area contributed by atoms with Crippen molar-refractivity contribution in [2.45, 2.75) is 32.7 Å². The Bertz CT molecular complexity index is 839. The first-order valence-corrected chi connectivity index (χ1v) is 9.92. The van der Waals surface area contributed by atoms with Crippen LogP contribution in [0.25, 0.3) is 0 Å². The fraction of sp³-hybridized carbons (Fsp3) is 0.286. The Morgan fingerprint density at radius 1 is 1.18 bits per heavy atom. The fourth-order valence-corrected chi connectivity index (χ4v) is 2.76. The summed E-state index contributed by atoms with van der Waals surface area (Å²) in [4.78, 5) is 24.5. The molecule has 0 spiro atoms. The van der Waals surface area contributed by atoms with Gasteiger partial charge in [-0.25, -0.2) is 5.43 Å². The minimum atomic E-state index is -0.743. The van der Waals surface area contributed by atoms with Crippen LogP contribution in [0.5, 0.6) is 5.75 Å². The second kappa shape index (κ2) is 11.2. The van der Waals surface area contributed by atoms with Gasteiger partial charge in [0.15, 0.2) is 0 Å². The van der Waals surface area contributed by atoms with E-state index in [9.17, 15) is 9.59 Å². The van der Waals surface area contributed by atoms with Crippen molar-refractivity contribution in [2.24, 2.45) is 5.10 Å². The average molecular weight is 446 g/mol. The molecule has 0 saturated carbocycles. The predicted molar refractivity (Wildman–Crippen MR) is 114 cm³/mol. The number of halogens is 1. The van der Waals surface area contributed by atoms with Crippen molar-refractivity contribution >= 4 is 34.0 Å². The number of hydrogen-bond donors (Lipinski definition) is 2. The molecule has 0 saturated heterocycles. The second-order valence-electron chi connectivity index (χ2n) is 6.15.